The van der Waals surface area contributed by atoms with E-state index in [-0.39, 0.29) is 0 Å². The van der Waals surface area contributed by atoms with Gasteiger partial charge in [-0.3, -0.25) is 9.97 Å². The van der Waals surface area contributed by atoms with E-state index in [0.717, 1.165) is 29.2 Å². The van der Waals surface area contributed by atoms with E-state index in [1.807, 2.05) is 20.0 Å². The number of pyridine rings is 1. The number of aromatic nitrogens is 3. The minimum absolute atomic E-state index is 0.803. The molecule has 2 heterocycles. The van der Waals surface area contributed by atoms with Crippen molar-refractivity contribution in [2.45, 2.75) is 13.8 Å². The summed E-state index contributed by atoms with van der Waals surface area (Å²) >= 11 is 0. The van der Waals surface area contributed by atoms with Crippen LogP contribution in [0.2, 0.25) is 0 Å². The molecule has 0 amide bonds. The summed E-state index contributed by atoms with van der Waals surface area (Å²) in [5.74, 6) is 0.803. The van der Waals surface area contributed by atoms with Gasteiger partial charge >= 0.3 is 0 Å². The SMILES string of the molecule is CCNc1nccnc1-c1cncc(C)c1. The minimum Gasteiger partial charge on any atom is -0.369 e. The van der Waals surface area contributed by atoms with Crippen molar-refractivity contribution in [3.05, 3.63) is 36.4 Å². The van der Waals surface area contributed by atoms with Crippen molar-refractivity contribution in [3.8, 4) is 11.3 Å². The first-order valence-electron chi connectivity index (χ1n) is 5.28. The standard InChI is InChI=1S/C12H14N4/c1-3-14-12-11(15-4-5-16-12)10-6-9(2)7-13-8-10/h4-8H,3H2,1-2H3,(H,14,16). The van der Waals surface area contributed by atoms with E-state index in [1.165, 1.54) is 0 Å². The maximum absolute atomic E-state index is 4.34. The lowest BCUT2D eigenvalue weighted by molar-refractivity contribution is 1.12. The maximum Gasteiger partial charge on any atom is 0.152 e. The van der Waals surface area contributed by atoms with E-state index in [0.29, 0.717) is 0 Å². The van der Waals surface area contributed by atoms with Crippen LogP contribution in [-0.2, 0) is 0 Å². The Hall–Kier alpha value is -1.97. The predicted octanol–water partition coefficient (Wildman–Crippen LogP) is 2.28. The Kier molecular flexibility index (Phi) is 3.10. The predicted molar refractivity (Wildman–Crippen MR) is 64.2 cm³/mol. The zero-order valence-corrected chi connectivity index (χ0v) is 9.44. The Morgan fingerprint density at radius 1 is 1.19 bits per heavy atom. The van der Waals surface area contributed by atoms with Crippen LogP contribution < -0.4 is 5.32 Å². The molecule has 4 nitrogen and oxygen atoms in total. The molecule has 0 aromatic carbocycles. The van der Waals surface area contributed by atoms with Gasteiger partial charge in [-0.05, 0) is 25.5 Å². The van der Waals surface area contributed by atoms with Crippen LogP contribution in [0.15, 0.2) is 30.9 Å². The number of nitrogens with one attached hydrogen (secondary N) is 1. The van der Waals surface area contributed by atoms with Gasteiger partial charge in [0, 0.05) is 36.9 Å². The summed E-state index contributed by atoms with van der Waals surface area (Å²) in [6, 6.07) is 2.05. The average molecular weight is 214 g/mol. The van der Waals surface area contributed by atoms with Gasteiger partial charge < -0.3 is 5.32 Å². The van der Waals surface area contributed by atoms with Gasteiger partial charge in [0.2, 0.25) is 0 Å². The third-order valence-corrected chi connectivity index (χ3v) is 2.19. The molecule has 4 heteroatoms. The van der Waals surface area contributed by atoms with Crippen molar-refractivity contribution in [1.82, 2.24) is 15.0 Å². The largest absolute Gasteiger partial charge is 0.369 e. The Bertz CT molecular complexity index is 482. The van der Waals surface area contributed by atoms with Crippen molar-refractivity contribution in [1.29, 1.82) is 0 Å². The molecule has 0 unspecified atom stereocenters. The van der Waals surface area contributed by atoms with Gasteiger partial charge in [0.1, 0.15) is 5.69 Å². The summed E-state index contributed by atoms with van der Waals surface area (Å²) in [6.45, 7) is 4.87. The Morgan fingerprint density at radius 2 is 2.00 bits per heavy atom. The van der Waals surface area contributed by atoms with Crippen LogP contribution in [0.4, 0.5) is 5.82 Å². The summed E-state index contributed by atoms with van der Waals surface area (Å²) in [7, 11) is 0. The van der Waals surface area contributed by atoms with Gasteiger partial charge in [0.25, 0.3) is 0 Å². The molecule has 1 N–H and O–H groups in total. The highest BCUT2D eigenvalue weighted by Gasteiger charge is 2.06. The number of hydrogen-bond donors (Lipinski definition) is 1. The van der Waals surface area contributed by atoms with E-state index in [2.05, 4.69) is 26.3 Å². The molecule has 0 atom stereocenters. The molecule has 0 aliphatic carbocycles. The molecule has 2 aromatic heterocycles. The molecule has 0 radical (unpaired) electrons. The van der Waals surface area contributed by atoms with E-state index in [1.54, 1.807) is 18.6 Å². The number of aryl methyl sites for hydroxylation is 1. The normalized spacial score (nSPS) is 10.1. The monoisotopic (exact) mass is 214 g/mol. The first kappa shape index (κ1) is 10.5. The third-order valence-electron chi connectivity index (χ3n) is 2.19. The summed E-state index contributed by atoms with van der Waals surface area (Å²) < 4.78 is 0. The Morgan fingerprint density at radius 3 is 2.75 bits per heavy atom. The van der Waals surface area contributed by atoms with E-state index in [4.69, 9.17) is 0 Å². The molecule has 0 fully saturated rings. The Balaban J connectivity index is 2.46. The van der Waals surface area contributed by atoms with Crippen molar-refractivity contribution in [2.75, 3.05) is 11.9 Å². The van der Waals surface area contributed by atoms with Crippen molar-refractivity contribution >= 4 is 5.82 Å². The first-order chi connectivity index (χ1) is 7.81. The van der Waals surface area contributed by atoms with Crippen molar-refractivity contribution in [3.63, 3.8) is 0 Å². The van der Waals surface area contributed by atoms with Gasteiger partial charge in [0.15, 0.2) is 5.82 Å². The molecule has 0 aliphatic rings. The maximum atomic E-state index is 4.34. The summed E-state index contributed by atoms with van der Waals surface area (Å²) in [5, 5.41) is 3.19. The first-order valence-corrected chi connectivity index (χ1v) is 5.28. The zero-order chi connectivity index (χ0) is 11.4. The van der Waals surface area contributed by atoms with Gasteiger partial charge in [-0.2, -0.15) is 0 Å². The minimum atomic E-state index is 0.803. The van der Waals surface area contributed by atoms with Crippen molar-refractivity contribution < 1.29 is 0 Å². The van der Waals surface area contributed by atoms with Crippen LogP contribution in [0.5, 0.6) is 0 Å². The number of anilines is 1. The van der Waals surface area contributed by atoms with Crippen LogP contribution in [0, 0.1) is 6.92 Å². The number of nitrogens with zero attached hydrogens (tertiary/aromatic N) is 3. The molecule has 16 heavy (non-hydrogen) atoms. The van der Waals surface area contributed by atoms with E-state index < -0.39 is 0 Å². The van der Waals surface area contributed by atoms with Gasteiger partial charge in [-0.25, -0.2) is 4.98 Å². The lowest BCUT2D eigenvalue weighted by atomic mass is 10.1. The lowest BCUT2D eigenvalue weighted by Crippen LogP contribution is -2.02. The molecule has 2 rings (SSSR count). The fraction of sp³-hybridized carbons (Fsp3) is 0.250. The second kappa shape index (κ2) is 4.70. The molecule has 0 saturated heterocycles. The smallest absolute Gasteiger partial charge is 0.152 e. The highest BCUT2D eigenvalue weighted by molar-refractivity contribution is 5.70. The van der Waals surface area contributed by atoms with Crippen LogP contribution in [0.1, 0.15) is 12.5 Å². The highest BCUT2D eigenvalue weighted by atomic mass is 15.0. The third kappa shape index (κ3) is 2.16. The van der Waals surface area contributed by atoms with Crippen LogP contribution >= 0.6 is 0 Å². The van der Waals surface area contributed by atoms with E-state index >= 15 is 0 Å². The molecule has 2 aromatic rings. The second-order valence-corrected chi connectivity index (χ2v) is 3.53. The Labute approximate surface area is 94.8 Å². The number of rotatable bonds is 3. The number of hydrogen-bond acceptors (Lipinski definition) is 4. The molecule has 0 spiro atoms. The van der Waals surface area contributed by atoms with Crippen LogP contribution in [0.25, 0.3) is 11.3 Å². The fourth-order valence-electron chi connectivity index (χ4n) is 1.53. The molecule has 82 valence electrons. The zero-order valence-electron chi connectivity index (χ0n) is 9.44. The van der Waals surface area contributed by atoms with Crippen molar-refractivity contribution in [2.24, 2.45) is 0 Å². The average Bonchev–Trinajstić information content (AvgIpc) is 2.30. The van der Waals surface area contributed by atoms with E-state index in [9.17, 15) is 0 Å². The fourth-order valence-corrected chi connectivity index (χ4v) is 1.53. The lowest BCUT2D eigenvalue weighted by Gasteiger charge is -2.08. The highest BCUT2D eigenvalue weighted by Crippen LogP contribution is 2.22. The summed E-state index contributed by atoms with van der Waals surface area (Å²) in [4.78, 5) is 12.8. The van der Waals surface area contributed by atoms with Gasteiger partial charge in [0.05, 0.1) is 0 Å². The molecular formula is C12H14N4. The summed E-state index contributed by atoms with van der Waals surface area (Å²) in [5.41, 5.74) is 2.95. The van der Waals surface area contributed by atoms with Crippen LogP contribution in [0.3, 0.4) is 0 Å². The van der Waals surface area contributed by atoms with Crippen LogP contribution in [-0.4, -0.2) is 21.5 Å². The van der Waals surface area contributed by atoms with Gasteiger partial charge in [-0.1, -0.05) is 0 Å². The molecule has 0 saturated carbocycles. The van der Waals surface area contributed by atoms with Gasteiger partial charge in [-0.15, -0.1) is 0 Å². The molecule has 0 aliphatic heterocycles. The molecule has 0 bridgehead atoms. The quantitative estimate of drug-likeness (QED) is 0.851. The topological polar surface area (TPSA) is 50.7 Å². The second-order valence-electron chi connectivity index (χ2n) is 3.53. The summed E-state index contributed by atoms with van der Waals surface area (Å²) in [6.07, 6.45) is 7.01. The molecular weight excluding hydrogens is 200 g/mol.